The van der Waals surface area contributed by atoms with E-state index in [1.165, 1.54) is 18.6 Å². The van der Waals surface area contributed by atoms with E-state index in [9.17, 15) is 9.18 Å². The number of amides is 1. The molecule has 0 saturated carbocycles. The van der Waals surface area contributed by atoms with E-state index in [1.807, 2.05) is 27.8 Å². The molecule has 7 heteroatoms. The molecule has 1 fully saturated rings. The molecule has 3 aromatic rings. The fourth-order valence-electron chi connectivity index (χ4n) is 3.50. The van der Waals surface area contributed by atoms with Crippen molar-refractivity contribution in [2.24, 2.45) is 0 Å². The fraction of sp³-hybridized carbons (Fsp3) is 0.350. The van der Waals surface area contributed by atoms with Crippen LogP contribution in [-0.4, -0.2) is 38.1 Å². The molecule has 0 bridgehead atoms. The van der Waals surface area contributed by atoms with Crippen molar-refractivity contribution in [3.8, 4) is 23.0 Å². The second kappa shape index (κ2) is 7.34. The van der Waals surface area contributed by atoms with Gasteiger partial charge in [0.05, 0.1) is 0 Å². The molecule has 1 aliphatic rings. The van der Waals surface area contributed by atoms with Crippen LogP contribution in [0.2, 0.25) is 0 Å². The highest BCUT2D eigenvalue weighted by Crippen LogP contribution is 2.24. The fourth-order valence-corrected chi connectivity index (χ4v) is 3.50. The predicted molar refractivity (Wildman–Crippen MR) is 98.1 cm³/mol. The van der Waals surface area contributed by atoms with E-state index >= 15 is 0 Å². The molecule has 6 nitrogen and oxygen atoms in total. The van der Waals surface area contributed by atoms with Gasteiger partial charge in [0, 0.05) is 24.3 Å². The van der Waals surface area contributed by atoms with Gasteiger partial charge < -0.3 is 14.0 Å². The summed E-state index contributed by atoms with van der Waals surface area (Å²) >= 11 is 0. The minimum atomic E-state index is -0.318. The molecule has 0 spiro atoms. The number of carbonyl (C=O) groups excluding carboxylic acids is 1. The number of piperidine rings is 1. The number of aromatic nitrogens is 3. The summed E-state index contributed by atoms with van der Waals surface area (Å²) in [6.45, 7) is 3.15. The van der Waals surface area contributed by atoms with Crippen LogP contribution in [0.3, 0.4) is 0 Å². The zero-order chi connectivity index (χ0) is 18.8. The first-order valence-electron chi connectivity index (χ1n) is 9.16. The van der Waals surface area contributed by atoms with Crippen LogP contribution in [0, 0.1) is 5.82 Å². The first-order valence-corrected chi connectivity index (χ1v) is 9.16. The summed E-state index contributed by atoms with van der Waals surface area (Å²) in [5.74, 6) is 0.493. The van der Waals surface area contributed by atoms with Crippen LogP contribution in [-0.2, 0) is 11.3 Å². The summed E-state index contributed by atoms with van der Waals surface area (Å²) in [4.78, 5) is 19.1. The number of hydrogen-bond donors (Lipinski definition) is 0. The minimum absolute atomic E-state index is 0.0953. The van der Waals surface area contributed by atoms with E-state index in [0.717, 1.165) is 19.4 Å². The molecule has 1 atom stereocenters. The second-order valence-electron chi connectivity index (χ2n) is 6.88. The van der Waals surface area contributed by atoms with Crippen LogP contribution in [0.1, 0.15) is 26.2 Å². The summed E-state index contributed by atoms with van der Waals surface area (Å²) in [7, 11) is 0. The maximum atomic E-state index is 13.1. The summed E-state index contributed by atoms with van der Waals surface area (Å²) < 4.78 is 20.3. The molecule has 1 aromatic carbocycles. The summed E-state index contributed by atoms with van der Waals surface area (Å²) in [5, 5.41) is 3.98. The first-order chi connectivity index (χ1) is 13.1. The van der Waals surface area contributed by atoms with E-state index in [2.05, 4.69) is 17.1 Å². The molecule has 27 heavy (non-hydrogen) atoms. The lowest BCUT2D eigenvalue weighted by molar-refractivity contribution is -0.135. The molecule has 1 amide bonds. The van der Waals surface area contributed by atoms with Crippen molar-refractivity contribution in [3.63, 3.8) is 0 Å². The van der Waals surface area contributed by atoms with Crippen molar-refractivity contribution >= 4 is 5.91 Å². The van der Waals surface area contributed by atoms with E-state index < -0.39 is 0 Å². The molecular formula is C20H21FN4O2. The number of rotatable bonds is 4. The molecule has 0 radical (unpaired) electrons. The van der Waals surface area contributed by atoms with Gasteiger partial charge >= 0.3 is 0 Å². The third kappa shape index (κ3) is 3.63. The number of carbonyl (C=O) groups is 1. The zero-order valence-corrected chi connectivity index (χ0v) is 15.1. The summed E-state index contributed by atoms with van der Waals surface area (Å²) in [6.07, 6.45) is 5.12. The van der Waals surface area contributed by atoms with Gasteiger partial charge in [0.1, 0.15) is 18.1 Å². The Morgan fingerprint density at radius 1 is 1.26 bits per heavy atom. The quantitative estimate of drug-likeness (QED) is 0.704. The van der Waals surface area contributed by atoms with Gasteiger partial charge in [-0.1, -0.05) is 5.16 Å². The Kier molecular flexibility index (Phi) is 4.75. The van der Waals surface area contributed by atoms with Crippen LogP contribution in [0.4, 0.5) is 4.39 Å². The maximum absolute atomic E-state index is 13.1. The summed E-state index contributed by atoms with van der Waals surface area (Å²) in [5.41, 5.74) is 1.36. The number of hydrogen-bond acceptors (Lipinski definition) is 4. The first kappa shape index (κ1) is 17.5. The SMILES string of the molecule is C[C@@H]1CCCCN1C(=O)Cn1cccc1-c1nc(-c2ccc(F)cc2)no1. The van der Waals surface area contributed by atoms with Gasteiger partial charge in [0.2, 0.25) is 11.7 Å². The Morgan fingerprint density at radius 3 is 2.85 bits per heavy atom. The lowest BCUT2D eigenvalue weighted by atomic mass is 10.0. The highest BCUT2D eigenvalue weighted by atomic mass is 19.1. The zero-order valence-electron chi connectivity index (χ0n) is 15.1. The molecule has 140 valence electrons. The summed E-state index contributed by atoms with van der Waals surface area (Å²) in [6, 6.07) is 9.88. The number of likely N-dealkylation sites (tertiary alicyclic amines) is 1. The van der Waals surface area contributed by atoms with Gasteiger partial charge in [-0.05, 0) is 62.6 Å². The van der Waals surface area contributed by atoms with Crippen molar-refractivity contribution in [3.05, 3.63) is 48.4 Å². The normalized spacial score (nSPS) is 17.3. The molecule has 0 aliphatic carbocycles. The lowest BCUT2D eigenvalue weighted by Gasteiger charge is -2.33. The average molecular weight is 368 g/mol. The highest BCUT2D eigenvalue weighted by Gasteiger charge is 2.24. The monoisotopic (exact) mass is 368 g/mol. The molecular weight excluding hydrogens is 347 g/mol. The Hall–Kier alpha value is -2.96. The third-order valence-electron chi connectivity index (χ3n) is 5.01. The molecule has 4 rings (SSSR count). The highest BCUT2D eigenvalue weighted by molar-refractivity contribution is 5.77. The molecule has 0 N–H and O–H groups in total. The Morgan fingerprint density at radius 2 is 2.07 bits per heavy atom. The second-order valence-corrected chi connectivity index (χ2v) is 6.88. The van der Waals surface area contributed by atoms with Gasteiger partial charge in [0.15, 0.2) is 0 Å². The number of halogens is 1. The molecule has 1 aliphatic heterocycles. The van der Waals surface area contributed by atoms with Crippen LogP contribution in [0.5, 0.6) is 0 Å². The predicted octanol–water partition coefficient (Wildman–Crippen LogP) is 3.75. The van der Waals surface area contributed by atoms with Crippen LogP contribution < -0.4 is 0 Å². The molecule has 2 aromatic heterocycles. The smallest absolute Gasteiger partial charge is 0.274 e. The third-order valence-corrected chi connectivity index (χ3v) is 5.01. The maximum Gasteiger partial charge on any atom is 0.274 e. The van der Waals surface area contributed by atoms with Crippen LogP contribution in [0.25, 0.3) is 23.0 Å². The largest absolute Gasteiger partial charge is 0.338 e. The molecule has 3 heterocycles. The van der Waals surface area contributed by atoms with Gasteiger partial charge in [0.25, 0.3) is 5.89 Å². The van der Waals surface area contributed by atoms with Gasteiger partial charge in [-0.25, -0.2) is 4.39 Å². The lowest BCUT2D eigenvalue weighted by Crippen LogP contribution is -2.43. The van der Waals surface area contributed by atoms with Crippen molar-refractivity contribution in [2.45, 2.75) is 38.8 Å². The van der Waals surface area contributed by atoms with Crippen molar-refractivity contribution in [2.75, 3.05) is 6.54 Å². The standard InChI is InChI=1S/C20H21FN4O2/c1-14-5-2-3-12-25(14)18(26)13-24-11-4-6-17(24)20-22-19(23-27-20)15-7-9-16(21)10-8-15/h4,6-11,14H,2-3,5,12-13H2,1H3/t14-/m1/s1. The van der Waals surface area contributed by atoms with E-state index in [4.69, 9.17) is 4.52 Å². The van der Waals surface area contributed by atoms with Crippen molar-refractivity contribution < 1.29 is 13.7 Å². The Bertz CT molecular complexity index is 932. The molecule has 0 unspecified atom stereocenters. The van der Waals surface area contributed by atoms with Gasteiger partial charge in [-0.3, -0.25) is 4.79 Å². The van der Waals surface area contributed by atoms with Gasteiger partial charge in [-0.15, -0.1) is 0 Å². The Labute approximate surface area is 156 Å². The van der Waals surface area contributed by atoms with Crippen molar-refractivity contribution in [1.82, 2.24) is 19.6 Å². The number of nitrogens with zero attached hydrogens (tertiary/aromatic N) is 4. The number of benzene rings is 1. The van der Waals surface area contributed by atoms with E-state index in [0.29, 0.717) is 23.0 Å². The van der Waals surface area contributed by atoms with E-state index in [1.54, 1.807) is 12.1 Å². The van der Waals surface area contributed by atoms with Crippen molar-refractivity contribution in [1.29, 1.82) is 0 Å². The van der Waals surface area contributed by atoms with Crippen LogP contribution >= 0.6 is 0 Å². The van der Waals surface area contributed by atoms with E-state index in [-0.39, 0.29) is 24.3 Å². The van der Waals surface area contributed by atoms with Gasteiger partial charge in [-0.2, -0.15) is 4.98 Å². The molecule has 1 saturated heterocycles. The topological polar surface area (TPSA) is 64.2 Å². The minimum Gasteiger partial charge on any atom is -0.338 e. The van der Waals surface area contributed by atoms with Crippen LogP contribution in [0.15, 0.2) is 47.1 Å². The Balaban J connectivity index is 1.54. The average Bonchev–Trinajstić information content (AvgIpc) is 3.32.